The van der Waals surface area contributed by atoms with Crippen molar-refractivity contribution in [3.63, 3.8) is 0 Å². The van der Waals surface area contributed by atoms with Gasteiger partial charge in [-0.2, -0.15) is 0 Å². The number of nitrogens with one attached hydrogen (secondary N) is 2. The molecule has 2 rings (SSSR count). The SMILES string of the molecule is Cc1c(NCC(=O)Nc2ccc(F)c(Cl)c2)cccc1C(N)=O. The lowest BCUT2D eigenvalue weighted by molar-refractivity contribution is -0.114. The number of primary amides is 1. The summed E-state index contributed by atoms with van der Waals surface area (Å²) in [7, 11) is 0. The summed E-state index contributed by atoms with van der Waals surface area (Å²) in [5.74, 6) is -1.42. The Morgan fingerprint density at radius 1 is 1.26 bits per heavy atom. The Labute approximate surface area is 137 Å². The number of carbonyl (C=O) groups excluding carboxylic acids is 2. The van der Waals surface area contributed by atoms with E-state index in [9.17, 15) is 14.0 Å². The minimum Gasteiger partial charge on any atom is -0.376 e. The molecule has 4 N–H and O–H groups in total. The van der Waals surface area contributed by atoms with Crippen LogP contribution in [0.4, 0.5) is 15.8 Å². The van der Waals surface area contributed by atoms with E-state index in [-0.39, 0.29) is 17.5 Å². The minimum atomic E-state index is -0.554. The van der Waals surface area contributed by atoms with Gasteiger partial charge in [0.05, 0.1) is 11.6 Å². The van der Waals surface area contributed by atoms with Crippen LogP contribution in [0.3, 0.4) is 0 Å². The standard InChI is InChI=1S/C16H15ClFN3O2/c1-9-11(16(19)23)3-2-4-14(9)20-8-15(22)21-10-5-6-13(18)12(17)7-10/h2-7,20H,8H2,1H3,(H2,19,23)(H,21,22). The normalized spacial score (nSPS) is 10.2. The first kappa shape index (κ1) is 16.8. The Balaban J connectivity index is 2.00. The van der Waals surface area contributed by atoms with Crippen LogP contribution >= 0.6 is 11.6 Å². The number of anilines is 2. The number of amides is 2. The molecule has 0 bridgehead atoms. The Morgan fingerprint density at radius 2 is 2.00 bits per heavy atom. The fraction of sp³-hybridized carbons (Fsp3) is 0.125. The second-order valence-corrected chi connectivity index (χ2v) is 5.28. The molecule has 0 atom stereocenters. The summed E-state index contributed by atoms with van der Waals surface area (Å²) in [6.07, 6.45) is 0. The fourth-order valence-electron chi connectivity index (χ4n) is 2.05. The molecule has 0 aliphatic rings. The summed E-state index contributed by atoms with van der Waals surface area (Å²) >= 11 is 5.65. The smallest absolute Gasteiger partial charge is 0.249 e. The Morgan fingerprint density at radius 3 is 2.65 bits per heavy atom. The minimum absolute atomic E-state index is 0.0297. The van der Waals surface area contributed by atoms with E-state index in [4.69, 9.17) is 17.3 Å². The number of hydrogen-bond donors (Lipinski definition) is 3. The van der Waals surface area contributed by atoms with Crippen molar-refractivity contribution in [2.45, 2.75) is 6.92 Å². The third-order valence-electron chi connectivity index (χ3n) is 3.24. The van der Waals surface area contributed by atoms with Gasteiger partial charge in [0, 0.05) is 16.9 Å². The number of carbonyl (C=O) groups is 2. The van der Waals surface area contributed by atoms with Crippen LogP contribution in [0.15, 0.2) is 36.4 Å². The van der Waals surface area contributed by atoms with Gasteiger partial charge in [0.25, 0.3) is 0 Å². The molecular weight excluding hydrogens is 321 g/mol. The van der Waals surface area contributed by atoms with Crippen molar-refractivity contribution in [1.82, 2.24) is 0 Å². The first-order valence-corrected chi connectivity index (χ1v) is 7.14. The Bertz CT molecular complexity index is 765. The van der Waals surface area contributed by atoms with Gasteiger partial charge in [-0.1, -0.05) is 17.7 Å². The molecule has 0 fully saturated rings. The zero-order chi connectivity index (χ0) is 17.0. The first-order chi connectivity index (χ1) is 10.9. The Kier molecular flexibility index (Phi) is 5.18. The second kappa shape index (κ2) is 7.11. The molecular formula is C16H15ClFN3O2. The third kappa shape index (κ3) is 4.20. The van der Waals surface area contributed by atoms with Gasteiger partial charge in [-0.3, -0.25) is 9.59 Å². The van der Waals surface area contributed by atoms with E-state index < -0.39 is 11.7 Å². The maximum Gasteiger partial charge on any atom is 0.249 e. The molecule has 0 spiro atoms. The summed E-state index contributed by atoms with van der Waals surface area (Å²) < 4.78 is 13.1. The quantitative estimate of drug-likeness (QED) is 0.785. The van der Waals surface area contributed by atoms with Crippen molar-refractivity contribution in [1.29, 1.82) is 0 Å². The van der Waals surface area contributed by atoms with Gasteiger partial charge >= 0.3 is 0 Å². The molecule has 2 aromatic carbocycles. The summed E-state index contributed by atoms with van der Waals surface area (Å²) in [5, 5.41) is 5.45. The second-order valence-electron chi connectivity index (χ2n) is 4.87. The number of benzene rings is 2. The molecule has 2 amide bonds. The lowest BCUT2D eigenvalue weighted by Crippen LogP contribution is -2.22. The molecule has 7 heteroatoms. The van der Waals surface area contributed by atoms with E-state index in [1.165, 1.54) is 18.2 Å². The predicted octanol–water partition coefficient (Wildman–Crippen LogP) is 2.94. The van der Waals surface area contributed by atoms with Crippen LogP contribution in [-0.2, 0) is 4.79 Å². The van der Waals surface area contributed by atoms with Crippen molar-refractivity contribution in [3.05, 3.63) is 58.4 Å². The fourth-order valence-corrected chi connectivity index (χ4v) is 2.23. The van der Waals surface area contributed by atoms with Crippen molar-refractivity contribution >= 4 is 34.8 Å². The summed E-state index contributed by atoms with van der Waals surface area (Å²) in [6, 6.07) is 8.94. The van der Waals surface area contributed by atoms with Gasteiger partial charge < -0.3 is 16.4 Å². The van der Waals surface area contributed by atoms with Crippen LogP contribution in [0.1, 0.15) is 15.9 Å². The number of halogens is 2. The van der Waals surface area contributed by atoms with Crippen LogP contribution in [0.2, 0.25) is 5.02 Å². The maximum absolute atomic E-state index is 13.1. The molecule has 0 saturated heterocycles. The molecule has 2 aromatic rings. The summed E-state index contributed by atoms with van der Waals surface area (Å²) in [6.45, 7) is 1.71. The van der Waals surface area contributed by atoms with Gasteiger partial charge in [0.2, 0.25) is 11.8 Å². The van der Waals surface area contributed by atoms with Gasteiger partial charge in [0.1, 0.15) is 5.82 Å². The molecule has 0 radical (unpaired) electrons. The average molecular weight is 336 g/mol. The highest BCUT2D eigenvalue weighted by Gasteiger charge is 2.10. The van der Waals surface area contributed by atoms with Crippen molar-refractivity contribution < 1.29 is 14.0 Å². The van der Waals surface area contributed by atoms with Gasteiger partial charge in [-0.25, -0.2) is 4.39 Å². The highest BCUT2D eigenvalue weighted by atomic mass is 35.5. The largest absolute Gasteiger partial charge is 0.376 e. The molecule has 0 heterocycles. The van der Waals surface area contributed by atoms with E-state index >= 15 is 0 Å². The monoisotopic (exact) mass is 335 g/mol. The van der Waals surface area contributed by atoms with Crippen molar-refractivity contribution in [3.8, 4) is 0 Å². The molecule has 120 valence electrons. The van der Waals surface area contributed by atoms with Crippen LogP contribution in [-0.4, -0.2) is 18.4 Å². The van der Waals surface area contributed by atoms with E-state index in [1.807, 2.05) is 0 Å². The van der Waals surface area contributed by atoms with E-state index in [0.717, 1.165) is 0 Å². The van der Waals surface area contributed by atoms with Crippen LogP contribution in [0.5, 0.6) is 0 Å². The molecule has 5 nitrogen and oxygen atoms in total. The Hall–Kier alpha value is -2.60. The lowest BCUT2D eigenvalue weighted by atomic mass is 10.1. The van der Waals surface area contributed by atoms with Crippen LogP contribution in [0, 0.1) is 12.7 Å². The lowest BCUT2D eigenvalue weighted by Gasteiger charge is -2.12. The summed E-state index contributed by atoms with van der Waals surface area (Å²) in [5.41, 5.74) is 7.36. The molecule has 23 heavy (non-hydrogen) atoms. The first-order valence-electron chi connectivity index (χ1n) is 6.76. The van der Waals surface area contributed by atoms with Crippen LogP contribution < -0.4 is 16.4 Å². The highest BCUT2D eigenvalue weighted by Crippen LogP contribution is 2.20. The topological polar surface area (TPSA) is 84.2 Å². The summed E-state index contributed by atoms with van der Waals surface area (Å²) in [4.78, 5) is 23.2. The highest BCUT2D eigenvalue weighted by molar-refractivity contribution is 6.31. The van der Waals surface area contributed by atoms with Crippen molar-refractivity contribution in [2.24, 2.45) is 5.73 Å². The molecule has 0 aliphatic heterocycles. The molecule has 0 aromatic heterocycles. The maximum atomic E-state index is 13.1. The number of rotatable bonds is 5. The molecule has 0 unspecified atom stereocenters. The van der Waals surface area contributed by atoms with E-state index in [1.54, 1.807) is 25.1 Å². The predicted molar refractivity (Wildman–Crippen MR) is 88.2 cm³/mol. The van der Waals surface area contributed by atoms with Crippen molar-refractivity contribution in [2.75, 3.05) is 17.2 Å². The number of nitrogens with two attached hydrogens (primary N) is 1. The van der Waals surface area contributed by atoms with Gasteiger partial charge in [0.15, 0.2) is 0 Å². The van der Waals surface area contributed by atoms with Gasteiger partial charge in [-0.15, -0.1) is 0 Å². The zero-order valence-corrected chi connectivity index (χ0v) is 13.1. The zero-order valence-electron chi connectivity index (χ0n) is 12.3. The van der Waals surface area contributed by atoms with Gasteiger partial charge in [-0.05, 0) is 42.8 Å². The number of hydrogen-bond acceptors (Lipinski definition) is 3. The molecule has 0 aliphatic carbocycles. The van der Waals surface area contributed by atoms with E-state index in [0.29, 0.717) is 22.5 Å². The van der Waals surface area contributed by atoms with Crippen LogP contribution in [0.25, 0.3) is 0 Å². The molecule has 0 saturated carbocycles. The van der Waals surface area contributed by atoms with E-state index in [2.05, 4.69) is 10.6 Å². The average Bonchev–Trinajstić information content (AvgIpc) is 2.49. The third-order valence-corrected chi connectivity index (χ3v) is 3.53.